The van der Waals surface area contributed by atoms with Gasteiger partial charge in [0.2, 0.25) is 0 Å². The number of thiocarbonyl (C=S) groups is 1. The van der Waals surface area contributed by atoms with E-state index in [1.807, 2.05) is 0 Å². The molecule has 1 aromatic rings. The Labute approximate surface area is 113 Å². The van der Waals surface area contributed by atoms with Gasteiger partial charge in [-0.1, -0.05) is 23.2 Å². The number of aromatic nitrogens is 1. The SMILES string of the molecule is CCN(C(=O)O)C(=S)Nc1cc(Cl)cc(Cl)n1. The molecule has 2 N–H and O–H groups in total. The molecule has 0 radical (unpaired) electrons. The van der Waals surface area contributed by atoms with E-state index in [4.69, 9.17) is 40.5 Å². The first-order valence-corrected chi connectivity index (χ1v) is 5.75. The van der Waals surface area contributed by atoms with Crippen molar-refractivity contribution in [2.75, 3.05) is 11.9 Å². The number of nitrogens with zero attached hydrogens (tertiary/aromatic N) is 2. The van der Waals surface area contributed by atoms with Crippen LogP contribution in [0.5, 0.6) is 0 Å². The van der Waals surface area contributed by atoms with Crippen molar-refractivity contribution in [1.29, 1.82) is 0 Å². The molecule has 0 bridgehead atoms. The largest absolute Gasteiger partial charge is 0.465 e. The number of carboxylic acid groups (broad SMARTS) is 1. The zero-order valence-electron chi connectivity index (χ0n) is 8.78. The second-order valence-electron chi connectivity index (χ2n) is 2.95. The fourth-order valence-electron chi connectivity index (χ4n) is 1.07. The Morgan fingerprint density at radius 2 is 2.24 bits per heavy atom. The molecule has 0 atom stereocenters. The lowest BCUT2D eigenvalue weighted by atomic mass is 10.4. The minimum atomic E-state index is -1.14. The lowest BCUT2D eigenvalue weighted by Crippen LogP contribution is -2.38. The molecule has 0 aromatic carbocycles. The molecular weight excluding hydrogens is 285 g/mol. The van der Waals surface area contributed by atoms with Gasteiger partial charge in [-0.3, -0.25) is 4.90 Å². The third-order valence-electron chi connectivity index (χ3n) is 1.79. The smallest absolute Gasteiger partial charge is 0.413 e. The van der Waals surface area contributed by atoms with E-state index < -0.39 is 6.09 Å². The van der Waals surface area contributed by atoms with Crippen molar-refractivity contribution in [3.63, 3.8) is 0 Å². The van der Waals surface area contributed by atoms with Gasteiger partial charge in [0.1, 0.15) is 11.0 Å². The second-order valence-corrected chi connectivity index (χ2v) is 4.16. The van der Waals surface area contributed by atoms with Gasteiger partial charge in [0.05, 0.1) is 0 Å². The van der Waals surface area contributed by atoms with E-state index in [0.717, 1.165) is 4.90 Å². The Bertz CT molecular complexity index is 436. The highest BCUT2D eigenvalue weighted by Crippen LogP contribution is 2.18. The molecule has 1 heterocycles. The summed E-state index contributed by atoms with van der Waals surface area (Å²) in [5, 5.41) is 12.1. The summed E-state index contributed by atoms with van der Waals surface area (Å²) in [7, 11) is 0. The van der Waals surface area contributed by atoms with Gasteiger partial charge < -0.3 is 10.4 Å². The molecule has 1 aromatic heterocycles. The highest BCUT2D eigenvalue weighted by atomic mass is 35.5. The van der Waals surface area contributed by atoms with Gasteiger partial charge in [0, 0.05) is 11.6 Å². The van der Waals surface area contributed by atoms with Gasteiger partial charge in [0.15, 0.2) is 5.11 Å². The van der Waals surface area contributed by atoms with Crippen molar-refractivity contribution in [3.05, 3.63) is 22.3 Å². The normalized spacial score (nSPS) is 9.82. The van der Waals surface area contributed by atoms with E-state index in [9.17, 15) is 4.79 Å². The van der Waals surface area contributed by atoms with Crippen LogP contribution in [0.4, 0.5) is 10.6 Å². The minimum Gasteiger partial charge on any atom is -0.465 e. The summed E-state index contributed by atoms with van der Waals surface area (Å²) in [6.07, 6.45) is -1.14. The van der Waals surface area contributed by atoms with Crippen LogP contribution in [0.2, 0.25) is 10.2 Å². The van der Waals surface area contributed by atoms with Crippen LogP contribution in [0.3, 0.4) is 0 Å². The van der Waals surface area contributed by atoms with Crippen LogP contribution in [0.25, 0.3) is 0 Å². The molecule has 0 aliphatic carbocycles. The molecule has 1 rings (SSSR count). The number of rotatable bonds is 2. The summed E-state index contributed by atoms with van der Waals surface area (Å²) in [6.45, 7) is 1.90. The molecule has 0 saturated carbocycles. The lowest BCUT2D eigenvalue weighted by molar-refractivity contribution is 0.171. The third kappa shape index (κ3) is 3.99. The lowest BCUT2D eigenvalue weighted by Gasteiger charge is -2.18. The fourth-order valence-corrected chi connectivity index (χ4v) is 1.86. The maximum Gasteiger partial charge on any atom is 0.413 e. The predicted octanol–water partition coefficient (Wildman–Crippen LogP) is 3.09. The number of nitrogens with one attached hydrogen (secondary N) is 1. The first-order valence-electron chi connectivity index (χ1n) is 4.58. The minimum absolute atomic E-state index is 0.0193. The number of pyridine rings is 1. The highest BCUT2D eigenvalue weighted by Gasteiger charge is 2.15. The number of anilines is 1. The van der Waals surface area contributed by atoms with Gasteiger partial charge in [-0.05, 0) is 31.3 Å². The summed E-state index contributed by atoms with van der Waals surface area (Å²) >= 11 is 16.4. The fraction of sp³-hybridized carbons (Fsp3) is 0.222. The average molecular weight is 294 g/mol. The van der Waals surface area contributed by atoms with Crippen LogP contribution in [-0.4, -0.2) is 32.7 Å². The summed E-state index contributed by atoms with van der Waals surface area (Å²) in [5.41, 5.74) is 0. The molecule has 17 heavy (non-hydrogen) atoms. The summed E-state index contributed by atoms with van der Waals surface area (Å²) in [4.78, 5) is 15.7. The van der Waals surface area contributed by atoms with Crippen molar-refractivity contribution in [2.24, 2.45) is 0 Å². The Morgan fingerprint density at radius 3 is 2.71 bits per heavy atom. The highest BCUT2D eigenvalue weighted by molar-refractivity contribution is 7.80. The Kier molecular flexibility index (Phi) is 4.92. The molecule has 0 aliphatic rings. The van der Waals surface area contributed by atoms with E-state index in [2.05, 4.69) is 10.3 Å². The molecule has 0 aliphatic heterocycles. The third-order valence-corrected chi connectivity index (χ3v) is 2.52. The zero-order chi connectivity index (χ0) is 13.0. The van der Waals surface area contributed by atoms with E-state index in [1.54, 1.807) is 6.92 Å². The second kappa shape index (κ2) is 6.00. The van der Waals surface area contributed by atoms with Crippen molar-refractivity contribution in [2.45, 2.75) is 6.92 Å². The van der Waals surface area contributed by atoms with Crippen molar-refractivity contribution in [3.8, 4) is 0 Å². The van der Waals surface area contributed by atoms with E-state index in [1.165, 1.54) is 12.1 Å². The summed E-state index contributed by atoms with van der Waals surface area (Å²) in [6, 6.07) is 2.96. The van der Waals surface area contributed by atoms with E-state index in [0.29, 0.717) is 10.8 Å². The number of carbonyl (C=O) groups is 1. The first kappa shape index (κ1) is 14.0. The molecule has 1 amide bonds. The monoisotopic (exact) mass is 293 g/mol. The predicted molar refractivity (Wildman–Crippen MR) is 70.9 cm³/mol. The zero-order valence-corrected chi connectivity index (χ0v) is 11.1. The van der Waals surface area contributed by atoms with Crippen molar-refractivity contribution >= 4 is 52.4 Å². The van der Waals surface area contributed by atoms with Crippen LogP contribution >= 0.6 is 35.4 Å². The van der Waals surface area contributed by atoms with Crippen LogP contribution in [-0.2, 0) is 0 Å². The van der Waals surface area contributed by atoms with Crippen LogP contribution in [0.1, 0.15) is 6.92 Å². The average Bonchev–Trinajstić information content (AvgIpc) is 2.15. The van der Waals surface area contributed by atoms with Gasteiger partial charge in [-0.2, -0.15) is 0 Å². The quantitative estimate of drug-likeness (QED) is 0.648. The molecular formula is C9H9Cl2N3O2S. The molecule has 8 heteroatoms. The standard InChI is InChI=1S/C9H9Cl2N3O2S/c1-2-14(9(15)16)8(17)13-7-4-5(10)3-6(11)12-7/h3-4H,2H2,1H3,(H,15,16)(H,12,13,17). The number of hydrogen-bond donors (Lipinski definition) is 2. The van der Waals surface area contributed by atoms with E-state index in [-0.39, 0.29) is 16.8 Å². The summed E-state index contributed by atoms with van der Waals surface area (Å²) < 4.78 is 0. The van der Waals surface area contributed by atoms with Gasteiger partial charge in [0.25, 0.3) is 0 Å². The Hall–Kier alpha value is -1.11. The maximum atomic E-state index is 10.8. The van der Waals surface area contributed by atoms with Crippen molar-refractivity contribution < 1.29 is 9.90 Å². The van der Waals surface area contributed by atoms with Gasteiger partial charge in [-0.15, -0.1) is 0 Å². The molecule has 0 saturated heterocycles. The van der Waals surface area contributed by atoms with Crippen LogP contribution in [0.15, 0.2) is 12.1 Å². The van der Waals surface area contributed by atoms with Crippen molar-refractivity contribution in [1.82, 2.24) is 9.88 Å². The van der Waals surface area contributed by atoms with Crippen LogP contribution < -0.4 is 5.32 Å². The molecule has 0 fully saturated rings. The Balaban J connectivity index is 2.83. The molecule has 0 spiro atoms. The van der Waals surface area contributed by atoms with E-state index >= 15 is 0 Å². The number of hydrogen-bond acceptors (Lipinski definition) is 3. The molecule has 0 unspecified atom stereocenters. The summed E-state index contributed by atoms with van der Waals surface area (Å²) in [5.74, 6) is 0.298. The number of amides is 1. The molecule has 5 nitrogen and oxygen atoms in total. The first-order chi connectivity index (χ1) is 7.93. The topological polar surface area (TPSA) is 65.5 Å². The maximum absolute atomic E-state index is 10.8. The molecule has 92 valence electrons. The van der Waals surface area contributed by atoms with Gasteiger partial charge in [-0.25, -0.2) is 9.78 Å². The van der Waals surface area contributed by atoms with Gasteiger partial charge >= 0.3 is 6.09 Å². The van der Waals surface area contributed by atoms with Crippen LogP contribution in [0, 0.1) is 0 Å². The Morgan fingerprint density at radius 1 is 1.59 bits per heavy atom. The number of halogens is 2.